The maximum Gasteiger partial charge on any atom is 0.308 e. The summed E-state index contributed by atoms with van der Waals surface area (Å²) in [6, 6.07) is 9.84. The Balaban J connectivity index is 2.22. The number of hydrogen-bond acceptors (Lipinski definition) is 2. The summed E-state index contributed by atoms with van der Waals surface area (Å²) in [5.74, 6) is -0.866. The molecule has 2 N–H and O–H groups in total. The van der Waals surface area contributed by atoms with Crippen molar-refractivity contribution in [2.24, 2.45) is 5.92 Å². The SMILES string of the molecule is O=C(O)[C@@H]1CNC[C@H]1c1ccccc1. The molecule has 74 valence electrons. The van der Waals surface area contributed by atoms with Gasteiger partial charge < -0.3 is 10.4 Å². The summed E-state index contributed by atoms with van der Waals surface area (Å²) in [4.78, 5) is 10.9. The minimum Gasteiger partial charge on any atom is -0.481 e. The van der Waals surface area contributed by atoms with Gasteiger partial charge in [-0.3, -0.25) is 4.79 Å². The summed E-state index contributed by atoms with van der Waals surface area (Å²) in [6.45, 7) is 1.34. The molecule has 1 heterocycles. The van der Waals surface area contributed by atoms with E-state index < -0.39 is 5.97 Å². The third-order valence-corrected chi connectivity index (χ3v) is 2.76. The van der Waals surface area contributed by atoms with E-state index in [9.17, 15) is 4.79 Å². The molecular formula is C11H13NO2. The fraction of sp³-hybridized carbons (Fsp3) is 0.364. The molecule has 0 aromatic heterocycles. The Morgan fingerprint density at radius 2 is 2.00 bits per heavy atom. The van der Waals surface area contributed by atoms with Crippen LogP contribution in [0.3, 0.4) is 0 Å². The van der Waals surface area contributed by atoms with Crippen LogP contribution in [0.15, 0.2) is 30.3 Å². The zero-order chi connectivity index (χ0) is 9.97. The van der Waals surface area contributed by atoms with E-state index in [4.69, 9.17) is 5.11 Å². The standard InChI is InChI=1S/C11H13NO2/c13-11(14)10-7-12-6-9(10)8-4-2-1-3-5-8/h1-5,9-10,12H,6-7H2,(H,13,14)/t9-,10+/m0/s1. The van der Waals surface area contributed by atoms with Gasteiger partial charge in [-0.05, 0) is 5.56 Å². The van der Waals surface area contributed by atoms with E-state index in [1.807, 2.05) is 30.3 Å². The highest BCUT2D eigenvalue weighted by atomic mass is 16.4. The number of benzene rings is 1. The molecule has 2 rings (SSSR count). The van der Waals surface area contributed by atoms with E-state index in [0.717, 1.165) is 12.1 Å². The first-order valence-electron chi connectivity index (χ1n) is 4.77. The average molecular weight is 191 g/mol. The van der Waals surface area contributed by atoms with Crippen molar-refractivity contribution in [2.75, 3.05) is 13.1 Å². The van der Waals surface area contributed by atoms with Crippen molar-refractivity contribution < 1.29 is 9.90 Å². The second-order valence-electron chi connectivity index (χ2n) is 3.62. The molecule has 0 saturated carbocycles. The molecule has 1 fully saturated rings. The first-order chi connectivity index (χ1) is 6.79. The van der Waals surface area contributed by atoms with Crippen molar-refractivity contribution >= 4 is 5.97 Å². The molecule has 1 aliphatic heterocycles. The zero-order valence-corrected chi connectivity index (χ0v) is 7.81. The topological polar surface area (TPSA) is 49.3 Å². The summed E-state index contributed by atoms with van der Waals surface area (Å²) in [5.41, 5.74) is 1.12. The molecule has 2 atom stereocenters. The van der Waals surface area contributed by atoms with Crippen LogP contribution in [-0.2, 0) is 4.79 Å². The predicted molar refractivity (Wildman–Crippen MR) is 53.2 cm³/mol. The molecule has 0 unspecified atom stereocenters. The number of rotatable bonds is 2. The second kappa shape index (κ2) is 3.80. The second-order valence-corrected chi connectivity index (χ2v) is 3.62. The monoisotopic (exact) mass is 191 g/mol. The molecule has 0 spiro atoms. The molecule has 0 radical (unpaired) electrons. The smallest absolute Gasteiger partial charge is 0.308 e. The van der Waals surface area contributed by atoms with Crippen LogP contribution in [0.5, 0.6) is 0 Å². The van der Waals surface area contributed by atoms with Crippen molar-refractivity contribution in [3.63, 3.8) is 0 Å². The summed E-state index contributed by atoms with van der Waals surface area (Å²) in [7, 11) is 0. The van der Waals surface area contributed by atoms with E-state index in [1.54, 1.807) is 0 Å². The van der Waals surface area contributed by atoms with Crippen molar-refractivity contribution in [3.05, 3.63) is 35.9 Å². The highest BCUT2D eigenvalue weighted by Gasteiger charge is 2.33. The van der Waals surface area contributed by atoms with Gasteiger partial charge in [-0.1, -0.05) is 30.3 Å². The lowest BCUT2D eigenvalue weighted by Gasteiger charge is -2.14. The zero-order valence-electron chi connectivity index (χ0n) is 7.81. The third kappa shape index (κ3) is 1.63. The van der Waals surface area contributed by atoms with Gasteiger partial charge in [0, 0.05) is 19.0 Å². The van der Waals surface area contributed by atoms with Crippen LogP contribution in [0.1, 0.15) is 11.5 Å². The van der Waals surface area contributed by atoms with Gasteiger partial charge >= 0.3 is 5.97 Å². The van der Waals surface area contributed by atoms with Crippen LogP contribution >= 0.6 is 0 Å². The van der Waals surface area contributed by atoms with Crippen molar-refractivity contribution in [3.8, 4) is 0 Å². The van der Waals surface area contributed by atoms with Crippen LogP contribution < -0.4 is 5.32 Å². The normalized spacial score (nSPS) is 26.3. The molecule has 1 aromatic rings. The Hall–Kier alpha value is -1.35. The van der Waals surface area contributed by atoms with Gasteiger partial charge in [0.2, 0.25) is 0 Å². The molecule has 1 aromatic carbocycles. The molecule has 14 heavy (non-hydrogen) atoms. The maximum atomic E-state index is 10.9. The van der Waals surface area contributed by atoms with Crippen LogP contribution in [0.4, 0.5) is 0 Å². The molecule has 3 nitrogen and oxygen atoms in total. The average Bonchev–Trinajstić information content (AvgIpc) is 2.67. The molecule has 3 heteroatoms. The first kappa shape index (κ1) is 9.21. The Bertz CT molecular complexity index is 323. The lowest BCUT2D eigenvalue weighted by Crippen LogP contribution is -2.20. The highest BCUT2D eigenvalue weighted by molar-refractivity contribution is 5.72. The number of carboxylic acid groups (broad SMARTS) is 1. The summed E-state index contributed by atoms with van der Waals surface area (Å²) in [5, 5.41) is 12.1. The maximum absolute atomic E-state index is 10.9. The first-order valence-corrected chi connectivity index (χ1v) is 4.77. The van der Waals surface area contributed by atoms with E-state index in [-0.39, 0.29) is 11.8 Å². The lowest BCUT2D eigenvalue weighted by atomic mass is 9.89. The molecule has 0 bridgehead atoms. The number of carbonyl (C=O) groups is 1. The van der Waals surface area contributed by atoms with Gasteiger partial charge in [0.15, 0.2) is 0 Å². The minimum atomic E-state index is -0.705. The number of carboxylic acids is 1. The fourth-order valence-corrected chi connectivity index (χ4v) is 1.99. The predicted octanol–water partition coefficient (Wildman–Crippen LogP) is 1.07. The van der Waals surface area contributed by atoms with Crippen molar-refractivity contribution in [2.45, 2.75) is 5.92 Å². The van der Waals surface area contributed by atoms with E-state index in [0.29, 0.717) is 6.54 Å². The van der Waals surface area contributed by atoms with Gasteiger partial charge in [0.1, 0.15) is 0 Å². The fourth-order valence-electron chi connectivity index (χ4n) is 1.99. The number of hydrogen-bond donors (Lipinski definition) is 2. The summed E-state index contributed by atoms with van der Waals surface area (Å²) >= 11 is 0. The van der Waals surface area contributed by atoms with Crippen LogP contribution in [0, 0.1) is 5.92 Å². The summed E-state index contributed by atoms with van der Waals surface area (Å²) in [6.07, 6.45) is 0. The van der Waals surface area contributed by atoms with E-state index >= 15 is 0 Å². The highest BCUT2D eigenvalue weighted by Crippen LogP contribution is 2.27. The van der Waals surface area contributed by atoms with Crippen molar-refractivity contribution in [1.29, 1.82) is 0 Å². The van der Waals surface area contributed by atoms with Gasteiger partial charge in [0.05, 0.1) is 5.92 Å². The van der Waals surface area contributed by atoms with E-state index in [1.165, 1.54) is 0 Å². The third-order valence-electron chi connectivity index (χ3n) is 2.76. The van der Waals surface area contributed by atoms with Crippen LogP contribution in [-0.4, -0.2) is 24.2 Å². The molecule has 0 aliphatic carbocycles. The lowest BCUT2D eigenvalue weighted by molar-refractivity contribution is -0.141. The Morgan fingerprint density at radius 1 is 1.29 bits per heavy atom. The number of nitrogens with one attached hydrogen (secondary N) is 1. The van der Waals surface area contributed by atoms with Crippen molar-refractivity contribution in [1.82, 2.24) is 5.32 Å². The number of aliphatic carboxylic acids is 1. The quantitative estimate of drug-likeness (QED) is 0.735. The van der Waals surface area contributed by atoms with Gasteiger partial charge in [0.25, 0.3) is 0 Å². The molecule has 1 aliphatic rings. The molecular weight excluding hydrogens is 178 g/mol. The minimum absolute atomic E-state index is 0.119. The van der Waals surface area contributed by atoms with Gasteiger partial charge in [-0.2, -0.15) is 0 Å². The van der Waals surface area contributed by atoms with Gasteiger partial charge in [-0.25, -0.2) is 0 Å². The Morgan fingerprint density at radius 3 is 2.64 bits per heavy atom. The van der Waals surface area contributed by atoms with Crippen LogP contribution in [0.2, 0.25) is 0 Å². The van der Waals surface area contributed by atoms with E-state index in [2.05, 4.69) is 5.32 Å². The Kier molecular flexibility index (Phi) is 2.50. The summed E-state index contributed by atoms with van der Waals surface area (Å²) < 4.78 is 0. The molecule has 1 saturated heterocycles. The largest absolute Gasteiger partial charge is 0.481 e. The van der Waals surface area contributed by atoms with Gasteiger partial charge in [-0.15, -0.1) is 0 Å². The Labute approximate surface area is 82.8 Å². The molecule has 0 amide bonds. The van der Waals surface area contributed by atoms with Crippen LogP contribution in [0.25, 0.3) is 0 Å².